The van der Waals surface area contributed by atoms with E-state index in [1.807, 2.05) is 13.8 Å². The van der Waals surface area contributed by atoms with E-state index in [2.05, 4.69) is 5.32 Å². The summed E-state index contributed by atoms with van der Waals surface area (Å²) in [5.74, 6) is 1.10. The van der Waals surface area contributed by atoms with E-state index in [4.69, 9.17) is 9.47 Å². The van der Waals surface area contributed by atoms with Crippen molar-refractivity contribution in [2.24, 2.45) is 0 Å². The van der Waals surface area contributed by atoms with E-state index in [1.165, 1.54) is 13.2 Å². The van der Waals surface area contributed by atoms with Gasteiger partial charge >= 0.3 is 0 Å². The Morgan fingerprint density at radius 3 is 2.46 bits per heavy atom. The first-order chi connectivity index (χ1) is 11.5. The predicted molar refractivity (Wildman–Crippen MR) is 92.1 cm³/mol. The number of hydrogen-bond acceptors (Lipinski definition) is 4. The molecule has 6 heteroatoms. The molecule has 1 heterocycles. The van der Waals surface area contributed by atoms with E-state index in [0.717, 1.165) is 17.0 Å². The minimum Gasteiger partial charge on any atom is -0.496 e. The van der Waals surface area contributed by atoms with Crippen LogP contribution in [-0.4, -0.2) is 31.2 Å². The normalized spacial score (nSPS) is 10.3. The van der Waals surface area contributed by atoms with Gasteiger partial charge in [-0.15, -0.1) is 0 Å². The Labute approximate surface area is 141 Å². The SMILES string of the molecule is COc1cc(C)n(CCNC(=O)c2ccc(OC)c(C)c2)c(=O)c1. The fraction of sp³-hybridized carbons (Fsp3) is 0.333. The van der Waals surface area contributed by atoms with Crippen LogP contribution in [0.15, 0.2) is 35.1 Å². The number of carbonyl (C=O) groups is 1. The summed E-state index contributed by atoms with van der Waals surface area (Å²) in [6.45, 7) is 4.47. The van der Waals surface area contributed by atoms with Crippen LogP contribution in [0.1, 0.15) is 21.6 Å². The summed E-state index contributed by atoms with van der Waals surface area (Å²) in [6, 6.07) is 8.48. The maximum absolute atomic E-state index is 12.2. The third-order valence-corrected chi connectivity index (χ3v) is 3.82. The van der Waals surface area contributed by atoms with Gasteiger partial charge in [-0.05, 0) is 43.7 Å². The van der Waals surface area contributed by atoms with Gasteiger partial charge in [-0.1, -0.05) is 0 Å². The summed E-state index contributed by atoms with van der Waals surface area (Å²) in [5.41, 5.74) is 2.09. The number of nitrogens with zero attached hydrogens (tertiary/aromatic N) is 1. The van der Waals surface area contributed by atoms with Gasteiger partial charge in [-0.2, -0.15) is 0 Å². The fourth-order valence-corrected chi connectivity index (χ4v) is 2.51. The molecule has 1 N–H and O–H groups in total. The zero-order valence-electron chi connectivity index (χ0n) is 14.4. The first-order valence-corrected chi connectivity index (χ1v) is 7.64. The molecular formula is C18H22N2O4. The van der Waals surface area contributed by atoms with Crippen LogP contribution < -0.4 is 20.3 Å². The smallest absolute Gasteiger partial charge is 0.254 e. The summed E-state index contributed by atoms with van der Waals surface area (Å²) in [7, 11) is 3.12. The van der Waals surface area contributed by atoms with Gasteiger partial charge in [0.25, 0.3) is 11.5 Å². The molecule has 0 saturated carbocycles. The van der Waals surface area contributed by atoms with Crippen LogP contribution in [0, 0.1) is 13.8 Å². The Hall–Kier alpha value is -2.76. The van der Waals surface area contributed by atoms with Gasteiger partial charge in [0.1, 0.15) is 11.5 Å². The van der Waals surface area contributed by atoms with Gasteiger partial charge in [0.2, 0.25) is 0 Å². The van der Waals surface area contributed by atoms with Gasteiger partial charge in [-0.25, -0.2) is 0 Å². The van der Waals surface area contributed by atoms with Gasteiger partial charge < -0.3 is 19.4 Å². The lowest BCUT2D eigenvalue weighted by molar-refractivity contribution is 0.0952. The second-order valence-corrected chi connectivity index (χ2v) is 5.47. The largest absolute Gasteiger partial charge is 0.496 e. The molecule has 128 valence electrons. The van der Waals surface area contributed by atoms with Crippen molar-refractivity contribution in [2.75, 3.05) is 20.8 Å². The average molecular weight is 330 g/mol. The highest BCUT2D eigenvalue weighted by Gasteiger charge is 2.09. The van der Waals surface area contributed by atoms with Crippen LogP contribution in [0.5, 0.6) is 11.5 Å². The lowest BCUT2D eigenvalue weighted by Crippen LogP contribution is -2.31. The molecule has 24 heavy (non-hydrogen) atoms. The van der Waals surface area contributed by atoms with Crippen molar-refractivity contribution in [2.45, 2.75) is 20.4 Å². The number of nitrogens with one attached hydrogen (secondary N) is 1. The van der Waals surface area contributed by atoms with Crippen molar-refractivity contribution in [3.05, 3.63) is 57.5 Å². The average Bonchev–Trinajstić information content (AvgIpc) is 2.56. The molecule has 2 aromatic rings. The monoisotopic (exact) mass is 330 g/mol. The van der Waals surface area contributed by atoms with Gasteiger partial charge in [-0.3, -0.25) is 9.59 Å². The molecule has 0 aliphatic rings. The van der Waals surface area contributed by atoms with Crippen LogP contribution in [0.2, 0.25) is 0 Å². The molecule has 0 unspecified atom stereocenters. The molecule has 1 aromatic heterocycles. The number of methoxy groups -OCH3 is 2. The van der Waals surface area contributed by atoms with Gasteiger partial charge in [0, 0.05) is 30.4 Å². The van der Waals surface area contributed by atoms with Crippen molar-refractivity contribution < 1.29 is 14.3 Å². The molecule has 0 saturated heterocycles. The standard InChI is InChI=1S/C18H22N2O4/c1-12-9-14(5-6-16(12)24-4)18(22)19-7-8-20-13(2)10-15(23-3)11-17(20)21/h5-6,9-11H,7-8H2,1-4H3,(H,19,22). The molecule has 2 rings (SSSR count). The molecule has 1 aromatic carbocycles. The first-order valence-electron chi connectivity index (χ1n) is 7.64. The van der Waals surface area contributed by atoms with Crippen molar-refractivity contribution in [3.8, 4) is 11.5 Å². The molecule has 1 amide bonds. The predicted octanol–water partition coefficient (Wildman–Crippen LogP) is 1.91. The molecule has 0 aliphatic carbocycles. The molecule has 0 fully saturated rings. The number of aromatic nitrogens is 1. The van der Waals surface area contributed by atoms with Gasteiger partial charge in [0.05, 0.1) is 14.2 Å². The number of pyridine rings is 1. The quantitative estimate of drug-likeness (QED) is 0.878. The highest BCUT2D eigenvalue weighted by atomic mass is 16.5. The molecule has 0 radical (unpaired) electrons. The molecule has 0 aliphatic heterocycles. The summed E-state index contributed by atoms with van der Waals surface area (Å²) in [4.78, 5) is 24.2. The maximum atomic E-state index is 12.2. The van der Waals surface area contributed by atoms with E-state index < -0.39 is 0 Å². The van der Waals surface area contributed by atoms with E-state index in [0.29, 0.717) is 24.4 Å². The highest BCUT2D eigenvalue weighted by Crippen LogP contribution is 2.18. The van der Waals surface area contributed by atoms with Crippen LogP contribution in [-0.2, 0) is 6.54 Å². The lowest BCUT2D eigenvalue weighted by atomic mass is 10.1. The number of carbonyl (C=O) groups excluding carboxylic acids is 1. The minimum atomic E-state index is -0.181. The summed E-state index contributed by atoms with van der Waals surface area (Å²) < 4.78 is 11.9. The van der Waals surface area contributed by atoms with E-state index in [-0.39, 0.29) is 11.5 Å². The summed E-state index contributed by atoms with van der Waals surface area (Å²) in [5, 5.41) is 2.82. The Kier molecular flexibility index (Phi) is 5.63. The van der Waals surface area contributed by atoms with Crippen molar-refractivity contribution >= 4 is 5.91 Å². The van der Waals surface area contributed by atoms with Crippen LogP contribution in [0.3, 0.4) is 0 Å². The van der Waals surface area contributed by atoms with Crippen molar-refractivity contribution in [3.63, 3.8) is 0 Å². The van der Waals surface area contributed by atoms with Crippen LogP contribution in [0.25, 0.3) is 0 Å². The van der Waals surface area contributed by atoms with E-state index >= 15 is 0 Å². The van der Waals surface area contributed by atoms with Gasteiger partial charge in [0.15, 0.2) is 0 Å². The zero-order chi connectivity index (χ0) is 17.7. The summed E-state index contributed by atoms with van der Waals surface area (Å²) in [6.07, 6.45) is 0. The number of ether oxygens (including phenoxy) is 2. The van der Waals surface area contributed by atoms with Crippen LogP contribution in [0.4, 0.5) is 0 Å². The molecule has 0 spiro atoms. The van der Waals surface area contributed by atoms with Crippen molar-refractivity contribution in [1.29, 1.82) is 0 Å². The molecular weight excluding hydrogens is 308 g/mol. The topological polar surface area (TPSA) is 69.6 Å². The summed E-state index contributed by atoms with van der Waals surface area (Å²) >= 11 is 0. The first kappa shape index (κ1) is 17.6. The Morgan fingerprint density at radius 2 is 1.88 bits per heavy atom. The number of benzene rings is 1. The third kappa shape index (κ3) is 3.95. The second kappa shape index (κ2) is 7.68. The minimum absolute atomic E-state index is 0.151. The highest BCUT2D eigenvalue weighted by molar-refractivity contribution is 5.94. The number of hydrogen-bond donors (Lipinski definition) is 1. The second-order valence-electron chi connectivity index (χ2n) is 5.47. The maximum Gasteiger partial charge on any atom is 0.254 e. The Morgan fingerprint density at radius 1 is 1.12 bits per heavy atom. The number of aryl methyl sites for hydroxylation is 2. The zero-order valence-corrected chi connectivity index (χ0v) is 14.4. The van der Waals surface area contributed by atoms with E-state index in [1.54, 1.807) is 35.9 Å². The fourth-order valence-electron chi connectivity index (χ4n) is 2.51. The molecule has 0 atom stereocenters. The van der Waals surface area contributed by atoms with Crippen molar-refractivity contribution in [1.82, 2.24) is 9.88 Å². The Bertz CT molecular complexity index is 796. The third-order valence-electron chi connectivity index (χ3n) is 3.82. The van der Waals surface area contributed by atoms with E-state index in [9.17, 15) is 9.59 Å². The number of rotatable bonds is 6. The lowest BCUT2D eigenvalue weighted by Gasteiger charge is -2.12. The molecule has 0 bridgehead atoms. The number of amides is 1. The van der Waals surface area contributed by atoms with Crippen LogP contribution >= 0.6 is 0 Å². The molecule has 6 nitrogen and oxygen atoms in total. The Balaban J connectivity index is 2.01.